The molecule has 19 heavy (non-hydrogen) atoms. The van der Waals surface area contributed by atoms with Gasteiger partial charge >= 0.3 is 0 Å². The van der Waals surface area contributed by atoms with Gasteiger partial charge in [0.05, 0.1) is 6.10 Å². The lowest BCUT2D eigenvalue weighted by atomic mass is 9.55. The second-order valence-corrected chi connectivity index (χ2v) is 7.02. The van der Waals surface area contributed by atoms with Gasteiger partial charge in [0, 0.05) is 0 Å². The summed E-state index contributed by atoms with van der Waals surface area (Å²) in [5.41, 5.74) is 3.57. The number of hydrogen-bond acceptors (Lipinski definition) is 1. The van der Waals surface area contributed by atoms with Crippen LogP contribution in [0, 0.1) is 23.2 Å². The van der Waals surface area contributed by atoms with Gasteiger partial charge in [0.25, 0.3) is 0 Å². The molecule has 0 aromatic carbocycles. The Bertz CT molecular complexity index is 357. The zero-order chi connectivity index (χ0) is 14.2. The number of aliphatic hydroxyl groups is 1. The van der Waals surface area contributed by atoms with Crippen LogP contribution in [0.2, 0.25) is 0 Å². The van der Waals surface area contributed by atoms with E-state index in [4.69, 9.17) is 0 Å². The van der Waals surface area contributed by atoms with Crippen molar-refractivity contribution in [3.05, 3.63) is 11.1 Å². The first-order valence-corrected chi connectivity index (χ1v) is 8.38. The van der Waals surface area contributed by atoms with Crippen molar-refractivity contribution >= 4 is 0 Å². The summed E-state index contributed by atoms with van der Waals surface area (Å²) in [6, 6.07) is 0. The molecule has 1 nitrogen and oxygen atoms in total. The van der Waals surface area contributed by atoms with E-state index in [0.29, 0.717) is 0 Å². The molecule has 0 aromatic rings. The Kier molecular flexibility index (Phi) is 4.45. The van der Waals surface area contributed by atoms with Gasteiger partial charge in [-0.3, -0.25) is 0 Å². The van der Waals surface area contributed by atoms with Gasteiger partial charge in [-0.25, -0.2) is 0 Å². The molecule has 0 radical (unpaired) electrons. The quantitative estimate of drug-likeness (QED) is 0.614. The Labute approximate surface area is 119 Å². The average molecular weight is 264 g/mol. The van der Waals surface area contributed by atoms with Crippen molar-refractivity contribution in [2.45, 2.75) is 79.2 Å². The fraction of sp³-hybridized carbons (Fsp3) is 0.889. The zero-order valence-corrected chi connectivity index (χ0v) is 13.5. The van der Waals surface area contributed by atoms with E-state index in [2.05, 4.69) is 20.8 Å². The first-order chi connectivity index (χ1) is 9.04. The molecule has 2 fully saturated rings. The third-order valence-electron chi connectivity index (χ3n) is 6.47. The molecule has 1 N–H and O–H groups in total. The molecule has 0 spiro atoms. The summed E-state index contributed by atoms with van der Waals surface area (Å²) in [4.78, 5) is 0. The molecule has 2 saturated carbocycles. The molecule has 110 valence electrons. The maximum atomic E-state index is 10.3. The minimum atomic E-state index is -0.0271. The van der Waals surface area contributed by atoms with Crippen molar-refractivity contribution in [2.24, 2.45) is 23.2 Å². The fourth-order valence-corrected chi connectivity index (χ4v) is 5.10. The molecule has 1 heteroatoms. The second-order valence-electron chi connectivity index (χ2n) is 7.02. The fourth-order valence-electron chi connectivity index (χ4n) is 5.10. The number of fused-ring (bicyclic) bond motifs is 3. The first-order valence-electron chi connectivity index (χ1n) is 8.38. The molecular weight excluding hydrogens is 232 g/mol. The van der Waals surface area contributed by atoms with E-state index >= 15 is 0 Å². The molecule has 0 heterocycles. The predicted octanol–water partition coefficient (Wildman–Crippen LogP) is 4.95. The zero-order valence-electron chi connectivity index (χ0n) is 13.5. The van der Waals surface area contributed by atoms with Crippen LogP contribution in [-0.4, -0.2) is 11.2 Å². The summed E-state index contributed by atoms with van der Waals surface area (Å²) < 4.78 is 0. The Morgan fingerprint density at radius 3 is 2.42 bits per heavy atom. The van der Waals surface area contributed by atoms with Gasteiger partial charge in [-0.1, -0.05) is 31.9 Å². The number of aliphatic hydroxyl groups excluding tert-OH is 1. The van der Waals surface area contributed by atoms with Crippen LogP contribution in [-0.2, 0) is 0 Å². The normalized spacial score (nSPS) is 45.2. The van der Waals surface area contributed by atoms with Crippen molar-refractivity contribution in [1.82, 2.24) is 0 Å². The minimum Gasteiger partial charge on any atom is -0.393 e. The van der Waals surface area contributed by atoms with Gasteiger partial charge in [0.15, 0.2) is 0 Å². The maximum absolute atomic E-state index is 10.3. The molecule has 0 aromatic heterocycles. The Morgan fingerprint density at radius 2 is 1.74 bits per heavy atom. The van der Waals surface area contributed by atoms with E-state index < -0.39 is 0 Å². The van der Waals surface area contributed by atoms with Gasteiger partial charge < -0.3 is 5.11 Å². The van der Waals surface area contributed by atoms with Gasteiger partial charge in [0.2, 0.25) is 0 Å². The first kappa shape index (κ1) is 15.1. The van der Waals surface area contributed by atoms with Gasteiger partial charge in [-0.05, 0) is 75.5 Å². The summed E-state index contributed by atoms with van der Waals surface area (Å²) in [6.07, 6.45) is 7.52. The van der Waals surface area contributed by atoms with E-state index in [-0.39, 0.29) is 11.5 Å². The molecule has 3 rings (SSSR count). The van der Waals surface area contributed by atoms with Crippen LogP contribution in [0.5, 0.6) is 0 Å². The lowest BCUT2D eigenvalue weighted by Gasteiger charge is -2.50. The largest absolute Gasteiger partial charge is 0.393 e. The summed E-state index contributed by atoms with van der Waals surface area (Å²) in [6.45, 7) is 11.0. The van der Waals surface area contributed by atoms with Crippen LogP contribution >= 0.6 is 0 Å². The third-order valence-corrected chi connectivity index (χ3v) is 6.47. The molecule has 0 aliphatic heterocycles. The molecule has 0 saturated heterocycles. The van der Waals surface area contributed by atoms with Crippen LogP contribution in [0.3, 0.4) is 0 Å². The molecular formula is C18H32O. The summed E-state index contributed by atoms with van der Waals surface area (Å²) in [7, 11) is 0. The van der Waals surface area contributed by atoms with E-state index in [0.717, 1.165) is 24.2 Å². The monoisotopic (exact) mass is 264 g/mol. The highest BCUT2D eigenvalue weighted by molar-refractivity contribution is 5.21. The van der Waals surface area contributed by atoms with Crippen LogP contribution in [0.15, 0.2) is 11.1 Å². The SMILES string of the molecule is CC.CC1=C(C)C2CCC3(C)C(O)CCC3C2CC1. The molecule has 5 unspecified atom stereocenters. The summed E-state index contributed by atoms with van der Waals surface area (Å²) in [5, 5.41) is 10.3. The van der Waals surface area contributed by atoms with Crippen molar-refractivity contribution in [1.29, 1.82) is 0 Å². The minimum absolute atomic E-state index is 0.0271. The highest BCUT2D eigenvalue weighted by atomic mass is 16.3. The standard InChI is InChI=1S/C16H26O.C2H6/c1-10-4-5-13-12(11(10)2)8-9-16(3)14(13)6-7-15(16)17;1-2/h12-15,17H,4-9H2,1-3H3;1-2H3. The lowest BCUT2D eigenvalue weighted by Crippen LogP contribution is -2.44. The molecule has 3 aliphatic rings. The number of allylic oxidation sites excluding steroid dienone is 2. The van der Waals surface area contributed by atoms with Gasteiger partial charge in [-0.15, -0.1) is 0 Å². The summed E-state index contributed by atoms with van der Waals surface area (Å²) >= 11 is 0. The Hall–Kier alpha value is -0.300. The lowest BCUT2D eigenvalue weighted by molar-refractivity contribution is -0.0304. The second kappa shape index (κ2) is 5.60. The molecule has 5 atom stereocenters. The maximum Gasteiger partial charge on any atom is 0.0596 e. The van der Waals surface area contributed by atoms with Gasteiger partial charge in [0.1, 0.15) is 0 Å². The Balaban J connectivity index is 0.000000637. The van der Waals surface area contributed by atoms with Crippen LogP contribution < -0.4 is 0 Å². The highest BCUT2D eigenvalue weighted by Gasteiger charge is 2.53. The van der Waals surface area contributed by atoms with Crippen molar-refractivity contribution < 1.29 is 5.11 Å². The van der Waals surface area contributed by atoms with E-state index in [1.165, 1.54) is 32.1 Å². The van der Waals surface area contributed by atoms with E-state index in [1.807, 2.05) is 13.8 Å². The van der Waals surface area contributed by atoms with Crippen LogP contribution in [0.1, 0.15) is 73.1 Å². The molecule has 0 bridgehead atoms. The van der Waals surface area contributed by atoms with E-state index in [1.54, 1.807) is 11.1 Å². The van der Waals surface area contributed by atoms with E-state index in [9.17, 15) is 5.11 Å². The average Bonchev–Trinajstić information content (AvgIpc) is 2.73. The predicted molar refractivity (Wildman–Crippen MR) is 82.0 cm³/mol. The molecule has 3 aliphatic carbocycles. The smallest absolute Gasteiger partial charge is 0.0596 e. The van der Waals surface area contributed by atoms with Crippen molar-refractivity contribution in [2.75, 3.05) is 0 Å². The molecule has 0 amide bonds. The highest BCUT2D eigenvalue weighted by Crippen LogP contribution is 2.59. The third kappa shape index (κ3) is 2.28. The van der Waals surface area contributed by atoms with Crippen LogP contribution in [0.25, 0.3) is 0 Å². The van der Waals surface area contributed by atoms with Gasteiger partial charge in [-0.2, -0.15) is 0 Å². The Morgan fingerprint density at radius 1 is 1.05 bits per heavy atom. The van der Waals surface area contributed by atoms with Crippen molar-refractivity contribution in [3.63, 3.8) is 0 Å². The van der Waals surface area contributed by atoms with Crippen LogP contribution in [0.4, 0.5) is 0 Å². The van der Waals surface area contributed by atoms with Crippen molar-refractivity contribution in [3.8, 4) is 0 Å². The summed E-state index contributed by atoms with van der Waals surface area (Å²) in [5.74, 6) is 2.50. The topological polar surface area (TPSA) is 20.2 Å². The number of hydrogen-bond donors (Lipinski definition) is 1. The number of rotatable bonds is 0.